The maximum Gasteiger partial charge on any atom is 0.242 e. The second kappa shape index (κ2) is 7.65. The van der Waals surface area contributed by atoms with Crippen molar-refractivity contribution in [3.05, 3.63) is 5.82 Å². The van der Waals surface area contributed by atoms with E-state index in [1.165, 1.54) is 19.3 Å². The van der Waals surface area contributed by atoms with Crippen LogP contribution in [0.25, 0.3) is 0 Å². The topological polar surface area (TPSA) is 73.1 Å². The Morgan fingerprint density at radius 1 is 1.14 bits per heavy atom. The molecule has 0 aromatic carbocycles. The maximum absolute atomic E-state index is 6.20. The largest absolute Gasteiger partial charge is 0.476 e. The van der Waals surface area contributed by atoms with E-state index in [0.29, 0.717) is 35.8 Å². The lowest BCUT2D eigenvalue weighted by Crippen LogP contribution is -2.18. The molecule has 1 aliphatic carbocycles. The summed E-state index contributed by atoms with van der Waals surface area (Å²) in [5.74, 6) is 3.00. The van der Waals surface area contributed by atoms with Gasteiger partial charge in [0.2, 0.25) is 5.88 Å². The van der Waals surface area contributed by atoms with E-state index in [0.717, 1.165) is 18.7 Å². The highest BCUT2D eigenvalue weighted by atomic mass is 16.5. The number of hydrogen-bond acceptors (Lipinski definition) is 5. The third-order valence-corrected chi connectivity index (χ3v) is 3.88. The predicted molar refractivity (Wildman–Crippen MR) is 91.4 cm³/mol. The molecule has 0 saturated heterocycles. The van der Waals surface area contributed by atoms with Crippen LogP contribution in [-0.2, 0) is 0 Å². The molecule has 5 nitrogen and oxygen atoms in total. The highest BCUT2D eigenvalue weighted by Gasteiger charge is 2.22. The standard InChI is InChI=1S/C17H30N4O/c1-11(2)10-22-17-14(18)16(19-12(3)4)20-15(21-17)13-8-6-5-7-9-13/h11-13H,5-10,18H2,1-4H3,(H,19,20,21). The fourth-order valence-electron chi connectivity index (χ4n) is 2.75. The van der Waals surface area contributed by atoms with Gasteiger partial charge in [0.1, 0.15) is 11.5 Å². The monoisotopic (exact) mass is 306 g/mol. The van der Waals surface area contributed by atoms with Gasteiger partial charge in [-0.2, -0.15) is 4.98 Å². The number of anilines is 2. The molecule has 124 valence electrons. The Balaban J connectivity index is 2.29. The number of ether oxygens (including phenoxy) is 1. The van der Waals surface area contributed by atoms with Crippen LogP contribution < -0.4 is 15.8 Å². The van der Waals surface area contributed by atoms with Crippen LogP contribution in [0.1, 0.15) is 71.5 Å². The third kappa shape index (κ3) is 4.49. The summed E-state index contributed by atoms with van der Waals surface area (Å²) in [4.78, 5) is 9.33. The lowest BCUT2D eigenvalue weighted by atomic mass is 9.88. The summed E-state index contributed by atoms with van der Waals surface area (Å²) in [6.07, 6.45) is 6.16. The molecule has 5 heteroatoms. The van der Waals surface area contributed by atoms with Gasteiger partial charge in [-0.1, -0.05) is 33.1 Å². The number of nitrogens with one attached hydrogen (secondary N) is 1. The number of rotatable bonds is 6. The van der Waals surface area contributed by atoms with Gasteiger partial charge in [-0.05, 0) is 32.6 Å². The molecule has 1 fully saturated rings. The van der Waals surface area contributed by atoms with E-state index in [-0.39, 0.29) is 6.04 Å². The van der Waals surface area contributed by atoms with E-state index in [4.69, 9.17) is 15.5 Å². The Labute approximate surface area is 134 Å². The van der Waals surface area contributed by atoms with Crippen molar-refractivity contribution < 1.29 is 4.74 Å². The first-order chi connectivity index (χ1) is 10.5. The average Bonchev–Trinajstić information content (AvgIpc) is 2.48. The smallest absolute Gasteiger partial charge is 0.242 e. The number of nitrogen functional groups attached to an aromatic ring is 1. The minimum absolute atomic E-state index is 0.273. The summed E-state index contributed by atoms with van der Waals surface area (Å²) >= 11 is 0. The number of nitrogens with two attached hydrogens (primary N) is 1. The van der Waals surface area contributed by atoms with E-state index in [9.17, 15) is 0 Å². The van der Waals surface area contributed by atoms with Crippen molar-refractivity contribution in [3.63, 3.8) is 0 Å². The van der Waals surface area contributed by atoms with Gasteiger partial charge in [0.15, 0.2) is 5.82 Å². The zero-order chi connectivity index (χ0) is 16.1. The molecule has 0 aliphatic heterocycles. The van der Waals surface area contributed by atoms with Crippen LogP contribution in [0.2, 0.25) is 0 Å². The molecule has 0 bridgehead atoms. The van der Waals surface area contributed by atoms with Crippen molar-refractivity contribution in [3.8, 4) is 5.88 Å². The Bertz CT molecular complexity index is 482. The van der Waals surface area contributed by atoms with Crippen molar-refractivity contribution in [2.45, 2.75) is 71.8 Å². The molecule has 1 aromatic heterocycles. The summed E-state index contributed by atoms with van der Waals surface area (Å²) in [7, 11) is 0. The molecule has 0 unspecified atom stereocenters. The molecule has 1 saturated carbocycles. The summed E-state index contributed by atoms with van der Waals surface area (Å²) in [5.41, 5.74) is 6.73. The van der Waals surface area contributed by atoms with Crippen molar-refractivity contribution in [1.29, 1.82) is 0 Å². The normalized spacial score (nSPS) is 16.3. The number of hydrogen-bond donors (Lipinski definition) is 2. The molecular formula is C17H30N4O. The van der Waals surface area contributed by atoms with Crippen molar-refractivity contribution in [2.75, 3.05) is 17.7 Å². The Morgan fingerprint density at radius 2 is 1.82 bits per heavy atom. The van der Waals surface area contributed by atoms with Crippen molar-refractivity contribution in [2.24, 2.45) is 5.92 Å². The number of nitrogens with zero attached hydrogens (tertiary/aromatic N) is 2. The molecule has 0 radical (unpaired) electrons. The first kappa shape index (κ1) is 16.8. The Kier molecular flexibility index (Phi) is 5.86. The van der Waals surface area contributed by atoms with Gasteiger partial charge in [-0.3, -0.25) is 0 Å². The molecule has 1 heterocycles. The van der Waals surface area contributed by atoms with Crippen molar-refractivity contribution in [1.82, 2.24) is 9.97 Å². The molecule has 0 atom stereocenters. The summed E-state index contributed by atoms with van der Waals surface area (Å²) in [5, 5.41) is 3.32. The molecule has 0 amide bonds. The lowest BCUT2D eigenvalue weighted by Gasteiger charge is -2.23. The zero-order valence-corrected chi connectivity index (χ0v) is 14.4. The van der Waals surface area contributed by atoms with Crippen LogP contribution in [0, 0.1) is 5.92 Å². The third-order valence-electron chi connectivity index (χ3n) is 3.88. The van der Waals surface area contributed by atoms with Gasteiger partial charge in [0.05, 0.1) is 6.61 Å². The van der Waals surface area contributed by atoms with E-state index in [2.05, 4.69) is 38.0 Å². The second-order valence-electron chi connectivity index (χ2n) is 6.99. The predicted octanol–water partition coefficient (Wildman–Crippen LogP) is 3.96. The van der Waals surface area contributed by atoms with Crippen LogP contribution in [0.4, 0.5) is 11.5 Å². The van der Waals surface area contributed by atoms with Gasteiger partial charge in [-0.25, -0.2) is 4.98 Å². The Hall–Kier alpha value is -1.52. The van der Waals surface area contributed by atoms with Gasteiger partial charge in [0, 0.05) is 12.0 Å². The quantitative estimate of drug-likeness (QED) is 0.832. The van der Waals surface area contributed by atoms with Gasteiger partial charge in [0.25, 0.3) is 0 Å². The van der Waals surface area contributed by atoms with E-state index in [1.54, 1.807) is 0 Å². The van der Waals surface area contributed by atoms with E-state index < -0.39 is 0 Å². The van der Waals surface area contributed by atoms with Crippen molar-refractivity contribution >= 4 is 11.5 Å². The van der Waals surface area contributed by atoms with Gasteiger partial charge >= 0.3 is 0 Å². The van der Waals surface area contributed by atoms with Crippen LogP contribution in [0.15, 0.2) is 0 Å². The highest BCUT2D eigenvalue weighted by Crippen LogP contribution is 2.35. The van der Waals surface area contributed by atoms with Crippen LogP contribution in [0.3, 0.4) is 0 Å². The maximum atomic E-state index is 6.20. The minimum Gasteiger partial charge on any atom is -0.476 e. The number of aromatic nitrogens is 2. The molecule has 1 aliphatic rings. The SMILES string of the molecule is CC(C)COc1nc(C2CCCCC2)nc(NC(C)C)c1N. The van der Waals surface area contributed by atoms with Gasteiger partial charge < -0.3 is 15.8 Å². The van der Waals surface area contributed by atoms with E-state index in [1.807, 2.05) is 0 Å². The molecule has 22 heavy (non-hydrogen) atoms. The fourth-order valence-corrected chi connectivity index (χ4v) is 2.75. The zero-order valence-electron chi connectivity index (χ0n) is 14.4. The summed E-state index contributed by atoms with van der Waals surface area (Å²) in [6, 6.07) is 0.273. The Morgan fingerprint density at radius 3 is 2.41 bits per heavy atom. The van der Waals surface area contributed by atoms with Crippen LogP contribution >= 0.6 is 0 Å². The fraction of sp³-hybridized carbons (Fsp3) is 0.765. The molecule has 3 N–H and O–H groups in total. The van der Waals surface area contributed by atoms with Crippen LogP contribution in [-0.4, -0.2) is 22.6 Å². The molecular weight excluding hydrogens is 276 g/mol. The average molecular weight is 306 g/mol. The van der Waals surface area contributed by atoms with E-state index >= 15 is 0 Å². The molecule has 2 rings (SSSR count). The summed E-state index contributed by atoms with van der Waals surface area (Å²) in [6.45, 7) is 9.01. The lowest BCUT2D eigenvalue weighted by molar-refractivity contribution is 0.260. The first-order valence-corrected chi connectivity index (χ1v) is 8.54. The van der Waals surface area contributed by atoms with Crippen LogP contribution in [0.5, 0.6) is 5.88 Å². The summed E-state index contributed by atoms with van der Waals surface area (Å²) < 4.78 is 5.84. The first-order valence-electron chi connectivity index (χ1n) is 8.54. The minimum atomic E-state index is 0.273. The molecule has 0 spiro atoms. The molecule has 1 aromatic rings. The van der Waals surface area contributed by atoms with Gasteiger partial charge in [-0.15, -0.1) is 0 Å². The highest BCUT2D eigenvalue weighted by molar-refractivity contribution is 5.67. The second-order valence-corrected chi connectivity index (χ2v) is 6.99.